The van der Waals surface area contributed by atoms with Crippen molar-refractivity contribution in [1.82, 2.24) is 0 Å². The monoisotopic (exact) mass is 353 g/mol. The van der Waals surface area contributed by atoms with Gasteiger partial charge in [0.1, 0.15) is 17.1 Å². The van der Waals surface area contributed by atoms with Crippen molar-refractivity contribution < 1.29 is 9.52 Å². The molecule has 2 heterocycles. The van der Waals surface area contributed by atoms with Crippen molar-refractivity contribution in [3.63, 3.8) is 0 Å². The minimum absolute atomic E-state index is 0.00508. The zero-order valence-electron chi connectivity index (χ0n) is 15.4. The van der Waals surface area contributed by atoms with Crippen molar-refractivity contribution in [3.05, 3.63) is 63.7 Å². The molecule has 0 saturated carbocycles. The number of fused-ring (bicyclic) bond motifs is 10. The van der Waals surface area contributed by atoms with Gasteiger partial charge in [0.15, 0.2) is 0 Å². The van der Waals surface area contributed by atoms with Gasteiger partial charge < -0.3 is 9.52 Å². The second kappa shape index (κ2) is 8.84. The second-order valence-corrected chi connectivity index (χ2v) is 7.04. The summed E-state index contributed by atoms with van der Waals surface area (Å²) in [5.74, 6) is 0.556. The van der Waals surface area contributed by atoms with Crippen LogP contribution in [0.3, 0.4) is 0 Å². The lowest BCUT2D eigenvalue weighted by molar-refractivity contribution is 0.416. The van der Waals surface area contributed by atoms with Crippen LogP contribution in [-0.2, 0) is 6.42 Å². The molecular weight excluding hydrogens is 326 g/mol. The molecular formula is C22H27NO3. The van der Waals surface area contributed by atoms with Crippen LogP contribution in [0.4, 0.5) is 0 Å². The molecule has 4 nitrogen and oxygen atoms in total. The zero-order valence-corrected chi connectivity index (χ0v) is 15.4. The summed E-state index contributed by atoms with van der Waals surface area (Å²) in [6.07, 6.45) is 7.93. The quantitative estimate of drug-likeness (QED) is 0.809. The molecule has 2 aromatic rings. The maximum atomic E-state index is 12.6. The van der Waals surface area contributed by atoms with E-state index in [1.54, 1.807) is 6.07 Å². The molecule has 0 amide bonds. The van der Waals surface area contributed by atoms with Crippen molar-refractivity contribution in [3.8, 4) is 5.75 Å². The van der Waals surface area contributed by atoms with Crippen LogP contribution in [0.15, 0.2) is 50.6 Å². The van der Waals surface area contributed by atoms with Crippen molar-refractivity contribution in [2.24, 2.45) is 4.99 Å². The Morgan fingerprint density at radius 2 is 1.65 bits per heavy atom. The van der Waals surface area contributed by atoms with E-state index >= 15 is 0 Å². The predicted octanol–water partition coefficient (Wildman–Crippen LogP) is 5.18. The molecule has 1 aliphatic carbocycles. The summed E-state index contributed by atoms with van der Waals surface area (Å²) in [6, 6.07) is 11.5. The summed E-state index contributed by atoms with van der Waals surface area (Å²) in [5, 5.41) is 10.5. The number of benzene rings is 1. The molecule has 1 atom stereocenters. The Balaban J connectivity index is 1.99. The highest BCUT2D eigenvalue weighted by atomic mass is 16.4. The number of hydrogen-bond acceptors (Lipinski definition) is 4. The van der Waals surface area contributed by atoms with Gasteiger partial charge in [-0.1, -0.05) is 56.0 Å². The number of nitrogens with zero attached hydrogens (tertiary/aromatic N) is 1. The van der Waals surface area contributed by atoms with Crippen LogP contribution < -0.4 is 5.63 Å². The smallest absolute Gasteiger partial charge is 0.348 e. The van der Waals surface area contributed by atoms with E-state index in [0.717, 1.165) is 31.2 Å². The molecule has 4 heteroatoms. The van der Waals surface area contributed by atoms with E-state index in [0.29, 0.717) is 24.3 Å². The minimum atomic E-state index is -0.474. The third-order valence-electron chi connectivity index (χ3n) is 4.99. The fourth-order valence-electron chi connectivity index (χ4n) is 3.51. The van der Waals surface area contributed by atoms with Crippen molar-refractivity contribution in [1.29, 1.82) is 0 Å². The number of rotatable bonds is 2. The van der Waals surface area contributed by atoms with Crippen LogP contribution in [-0.4, -0.2) is 10.8 Å². The highest BCUT2D eigenvalue weighted by Gasteiger charge is 2.19. The molecule has 0 unspecified atom stereocenters. The molecule has 0 fully saturated rings. The third kappa shape index (κ3) is 4.63. The first-order chi connectivity index (χ1) is 12.6. The molecule has 138 valence electrons. The van der Waals surface area contributed by atoms with E-state index in [1.165, 1.54) is 12.8 Å². The average molecular weight is 353 g/mol. The van der Waals surface area contributed by atoms with Gasteiger partial charge in [0.25, 0.3) is 0 Å². The molecule has 2 aliphatic rings. The van der Waals surface area contributed by atoms with Gasteiger partial charge in [-0.2, -0.15) is 0 Å². The minimum Gasteiger partial charge on any atom is -0.507 e. The SMILES string of the molecule is C[C@@H](N=C1CCCCCCCCc2cc(O)c1c(=O)o2)c1ccccc1. The van der Waals surface area contributed by atoms with Crippen molar-refractivity contribution >= 4 is 5.71 Å². The summed E-state index contributed by atoms with van der Waals surface area (Å²) in [5.41, 5.74) is 1.50. The molecule has 4 rings (SSSR count). The number of aryl methyl sites for hydroxylation is 1. The highest BCUT2D eigenvalue weighted by molar-refractivity contribution is 6.02. The molecule has 0 spiro atoms. The number of hydrogen-bond donors (Lipinski definition) is 1. The predicted molar refractivity (Wildman–Crippen MR) is 104 cm³/mol. The summed E-state index contributed by atoms with van der Waals surface area (Å²) < 4.78 is 5.47. The van der Waals surface area contributed by atoms with Crippen LogP contribution in [0.1, 0.15) is 74.8 Å². The Labute approximate surface area is 154 Å². The molecule has 1 N–H and O–H groups in total. The summed E-state index contributed by atoms with van der Waals surface area (Å²) in [7, 11) is 0. The summed E-state index contributed by atoms with van der Waals surface area (Å²) in [6.45, 7) is 2.01. The zero-order chi connectivity index (χ0) is 18.4. The van der Waals surface area contributed by atoms with Gasteiger partial charge in [0.2, 0.25) is 0 Å². The van der Waals surface area contributed by atoms with Gasteiger partial charge in [0, 0.05) is 12.5 Å². The fourth-order valence-corrected chi connectivity index (χ4v) is 3.51. The van der Waals surface area contributed by atoms with E-state index < -0.39 is 5.63 Å². The lowest BCUT2D eigenvalue weighted by Gasteiger charge is -2.13. The molecule has 1 aliphatic heterocycles. The Kier molecular flexibility index (Phi) is 6.26. The van der Waals surface area contributed by atoms with Gasteiger partial charge in [-0.15, -0.1) is 0 Å². The van der Waals surface area contributed by atoms with Gasteiger partial charge >= 0.3 is 5.63 Å². The van der Waals surface area contributed by atoms with Crippen LogP contribution in [0.5, 0.6) is 5.75 Å². The number of aliphatic imine (C=N–C) groups is 1. The molecule has 0 saturated heterocycles. The van der Waals surface area contributed by atoms with E-state index in [9.17, 15) is 9.90 Å². The van der Waals surface area contributed by atoms with E-state index in [4.69, 9.17) is 9.41 Å². The standard InChI is InChI=1S/C22H27NO3/c1-16(17-11-7-6-8-12-17)23-19-14-10-5-3-2-4-9-13-18-15-20(24)21(19)22(25)26-18/h6-8,11-12,15-16,24H,2-5,9-10,13-14H2,1H3/t16-/m1/s1. The van der Waals surface area contributed by atoms with Gasteiger partial charge in [-0.3, -0.25) is 4.99 Å². The van der Waals surface area contributed by atoms with Crippen molar-refractivity contribution in [2.75, 3.05) is 0 Å². The van der Waals surface area contributed by atoms with Gasteiger partial charge in [-0.05, 0) is 31.7 Å². The molecule has 26 heavy (non-hydrogen) atoms. The second-order valence-electron chi connectivity index (χ2n) is 7.04. The molecule has 0 radical (unpaired) electrons. The summed E-state index contributed by atoms with van der Waals surface area (Å²) in [4.78, 5) is 17.4. The van der Waals surface area contributed by atoms with Crippen LogP contribution in [0, 0.1) is 0 Å². The lowest BCUT2D eigenvalue weighted by atomic mass is 10.0. The first-order valence-electron chi connectivity index (χ1n) is 9.63. The Hall–Kier alpha value is -2.36. The van der Waals surface area contributed by atoms with E-state index in [-0.39, 0.29) is 17.4 Å². The summed E-state index contributed by atoms with van der Waals surface area (Å²) >= 11 is 0. The largest absolute Gasteiger partial charge is 0.507 e. The Morgan fingerprint density at radius 1 is 1.00 bits per heavy atom. The first kappa shape index (κ1) is 18.4. The van der Waals surface area contributed by atoms with Crippen molar-refractivity contribution in [2.45, 2.75) is 64.3 Å². The molecule has 1 aromatic carbocycles. The molecule has 2 bridgehead atoms. The van der Waals surface area contributed by atoms with Gasteiger partial charge in [-0.25, -0.2) is 4.79 Å². The first-order valence-corrected chi connectivity index (χ1v) is 9.63. The Bertz CT molecular complexity index is 808. The van der Waals surface area contributed by atoms with Gasteiger partial charge in [0.05, 0.1) is 11.8 Å². The maximum Gasteiger partial charge on any atom is 0.348 e. The average Bonchev–Trinajstić information content (AvgIpc) is 2.65. The molecule has 1 aromatic heterocycles. The Morgan fingerprint density at radius 3 is 2.35 bits per heavy atom. The van der Waals surface area contributed by atoms with E-state index in [1.807, 2.05) is 37.3 Å². The van der Waals surface area contributed by atoms with Crippen LogP contribution in [0.2, 0.25) is 0 Å². The number of aromatic hydroxyl groups is 1. The fraction of sp³-hybridized carbons (Fsp3) is 0.455. The highest BCUT2D eigenvalue weighted by Crippen LogP contribution is 2.24. The maximum absolute atomic E-state index is 12.6. The van der Waals surface area contributed by atoms with E-state index in [2.05, 4.69) is 0 Å². The normalized spacial score (nSPS) is 18.7. The van der Waals surface area contributed by atoms with Crippen LogP contribution in [0.25, 0.3) is 0 Å². The lowest BCUT2D eigenvalue weighted by Crippen LogP contribution is -2.17. The topological polar surface area (TPSA) is 62.8 Å². The van der Waals surface area contributed by atoms with Crippen LogP contribution >= 0.6 is 0 Å². The third-order valence-corrected chi connectivity index (χ3v) is 4.99.